The van der Waals surface area contributed by atoms with Crippen LogP contribution in [0.2, 0.25) is 0 Å². The van der Waals surface area contributed by atoms with Crippen LogP contribution in [0.1, 0.15) is 49.5 Å². The Labute approximate surface area is 173 Å². The fraction of sp³-hybridized carbons (Fsp3) is 0.417. The second-order valence-electron chi connectivity index (χ2n) is 8.67. The SMILES string of the molecule is CC(C)(C)c1ccc(C(=O)NCCC(=O)N2CCC(Nc3ccccc3)C2)cc1. The van der Waals surface area contributed by atoms with Crippen LogP contribution in [0, 0.1) is 0 Å². The summed E-state index contributed by atoms with van der Waals surface area (Å²) >= 11 is 0. The Bertz CT molecular complexity index is 825. The Balaban J connectivity index is 1.41. The monoisotopic (exact) mass is 393 g/mol. The molecule has 2 amide bonds. The highest BCUT2D eigenvalue weighted by Crippen LogP contribution is 2.22. The summed E-state index contributed by atoms with van der Waals surface area (Å²) in [5.74, 6) is -0.0472. The number of anilines is 1. The Morgan fingerprint density at radius 2 is 1.72 bits per heavy atom. The highest BCUT2D eigenvalue weighted by molar-refractivity contribution is 5.94. The highest BCUT2D eigenvalue weighted by Gasteiger charge is 2.25. The van der Waals surface area contributed by atoms with Gasteiger partial charge in [-0.25, -0.2) is 0 Å². The number of rotatable bonds is 6. The number of likely N-dealkylation sites (tertiary alicyclic amines) is 1. The van der Waals surface area contributed by atoms with Gasteiger partial charge in [0.15, 0.2) is 0 Å². The molecule has 1 unspecified atom stereocenters. The summed E-state index contributed by atoms with van der Waals surface area (Å²) in [7, 11) is 0. The Kier molecular flexibility index (Phi) is 6.57. The van der Waals surface area contributed by atoms with E-state index in [4.69, 9.17) is 0 Å². The van der Waals surface area contributed by atoms with E-state index in [2.05, 4.69) is 31.4 Å². The summed E-state index contributed by atoms with van der Waals surface area (Å²) in [6, 6.07) is 18.0. The van der Waals surface area contributed by atoms with Gasteiger partial charge in [-0.15, -0.1) is 0 Å². The fourth-order valence-corrected chi connectivity index (χ4v) is 3.54. The van der Waals surface area contributed by atoms with Crippen molar-refractivity contribution in [3.05, 3.63) is 65.7 Å². The van der Waals surface area contributed by atoms with E-state index in [0.29, 0.717) is 25.1 Å². The molecule has 1 saturated heterocycles. The number of hydrogen-bond acceptors (Lipinski definition) is 3. The zero-order valence-electron chi connectivity index (χ0n) is 17.6. The van der Waals surface area contributed by atoms with Crippen molar-refractivity contribution in [2.75, 3.05) is 25.0 Å². The van der Waals surface area contributed by atoms with E-state index in [1.54, 1.807) is 0 Å². The standard InChI is InChI=1S/C24H31N3O2/c1-24(2,3)19-11-9-18(10-12-19)23(29)25-15-13-22(28)27-16-14-21(17-27)26-20-7-5-4-6-8-20/h4-12,21,26H,13-17H2,1-3H3,(H,25,29). The fourth-order valence-electron chi connectivity index (χ4n) is 3.54. The molecular weight excluding hydrogens is 362 g/mol. The first-order valence-electron chi connectivity index (χ1n) is 10.3. The third-order valence-electron chi connectivity index (χ3n) is 5.32. The number of carbonyl (C=O) groups is 2. The number of para-hydroxylation sites is 1. The van der Waals surface area contributed by atoms with Crippen LogP contribution >= 0.6 is 0 Å². The first-order valence-corrected chi connectivity index (χ1v) is 10.3. The maximum Gasteiger partial charge on any atom is 0.251 e. The maximum absolute atomic E-state index is 12.5. The van der Waals surface area contributed by atoms with Gasteiger partial charge in [-0.05, 0) is 41.7 Å². The van der Waals surface area contributed by atoms with Gasteiger partial charge in [0.1, 0.15) is 0 Å². The molecule has 5 nitrogen and oxygen atoms in total. The molecule has 0 aliphatic carbocycles. The molecule has 1 heterocycles. The highest BCUT2D eigenvalue weighted by atomic mass is 16.2. The molecule has 0 saturated carbocycles. The molecule has 2 aromatic rings. The Morgan fingerprint density at radius 3 is 2.38 bits per heavy atom. The van der Waals surface area contributed by atoms with Crippen LogP contribution in [0.5, 0.6) is 0 Å². The maximum atomic E-state index is 12.5. The number of nitrogens with one attached hydrogen (secondary N) is 2. The van der Waals surface area contributed by atoms with Crippen molar-refractivity contribution >= 4 is 17.5 Å². The van der Waals surface area contributed by atoms with Crippen LogP contribution in [-0.4, -0.2) is 42.4 Å². The number of benzene rings is 2. The smallest absolute Gasteiger partial charge is 0.251 e. The number of hydrogen-bond donors (Lipinski definition) is 2. The third-order valence-corrected chi connectivity index (χ3v) is 5.32. The Morgan fingerprint density at radius 1 is 1.03 bits per heavy atom. The molecular formula is C24H31N3O2. The molecule has 1 aliphatic rings. The van der Waals surface area contributed by atoms with Crippen LogP contribution in [0.3, 0.4) is 0 Å². The minimum atomic E-state index is -0.136. The lowest BCUT2D eigenvalue weighted by atomic mass is 9.87. The molecule has 154 valence electrons. The quantitative estimate of drug-likeness (QED) is 0.784. The number of carbonyl (C=O) groups excluding carboxylic acids is 2. The molecule has 0 radical (unpaired) electrons. The topological polar surface area (TPSA) is 61.4 Å². The van der Waals surface area contributed by atoms with Crippen molar-refractivity contribution < 1.29 is 9.59 Å². The molecule has 1 atom stereocenters. The van der Waals surface area contributed by atoms with E-state index in [0.717, 1.165) is 18.7 Å². The van der Waals surface area contributed by atoms with E-state index in [1.165, 1.54) is 5.56 Å². The lowest BCUT2D eigenvalue weighted by molar-refractivity contribution is -0.130. The molecule has 0 spiro atoms. The second-order valence-corrected chi connectivity index (χ2v) is 8.67. The van der Waals surface area contributed by atoms with Crippen molar-refractivity contribution in [2.45, 2.75) is 45.1 Å². The van der Waals surface area contributed by atoms with Crippen molar-refractivity contribution in [1.82, 2.24) is 10.2 Å². The first kappa shape index (κ1) is 20.9. The van der Waals surface area contributed by atoms with Crippen molar-refractivity contribution in [1.29, 1.82) is 0 Å². The number of nitrogens with zero attached hydrogens (tertiary/aromatic N) is 1. The van der Waals surface area contributed by atoms with Crippen LogP contribution in [0.15, 0.2) is 54.6 Å². The summed E-state index contributed by atoms with van der Waals surface area (Å²) < 4.78 is 0. The summed E-state index contributed by atoms with van der Waals surface area (Å²) in [5, 5.41) is 6.33. The third kappa shape index (κ3) is 5.83. The zero-order chi connectivity index (χ0) is 20.9. The summed E-state index contributed by atoms with van der Waals surface area (Å²) in [5.41, 5.74) is 2.96. The van der Waals surface area contributed by atoms with Gasteiger partial charge >= 0.3 is 0 Å². The van der Waals surface area contributed by atoms with E-state index >= 15 is 0 Å². The minimum absolute atomic E-state index is 0.0599. The van der Waals surface area contributed by atoms with Crippen molar-refractivity contribution in [3.8, 4) is 0 Å². The molecule has 1 fully saturated rings. The van der Waals surface area contributed by atoms with Crippen molar-refractivity contribution in [2.24, 2.45) is 0 Å². The molecule has 1 aliphatic heterocycles. The molecule has 2 N–H and O–H groups in total. The van der Waals surface area contributed by atoms with Gasteiger partial charge in [0.05, 0.1) is 0 Å². The summed E-state index contributed by atoms with van der Waals surface area (Å²) in [6.45, 7) is 8.25. The summed E-state index contributed by atoms with van der Waals surface area (Å²) in [6.07, 6.45) is 1.26. The normalized spacial score (nSPS) is 16.5. The van der Waals surface area contributed by atoms with Gasteiger partial charge in [0, 0.05) is 43.3 Å². The van der Waals surface area contributed by atoms with Crippen LogP contribution < -0.4 is 10.6 Å². The molecule has 0 aromatic heterocycles. The summed E-state index contributed by atoms with van der Waals surface area (Å²) in [4.78, 5) is 26.7. The zero-order valence-corrected chi connectivity index (χ0v) is 17.6. The van der Waals surface area contributed by atoms with Gasteiger partial charge in [-0.3, -0.25) is 9.59 Å². The van der Waals surface area contributed by atoms with E-state index in [9.17, 15) is 9.59 Å². The van der Waals surface area contributed by atoms with Gasteiger partial charge in [-0.1, -0.05) is 51.1 Å². The number of amides is 2. The van der Waals surface area contributed by atoms with E-state index < -0.39 is 0 Å². The molecule has 3 rings (SSSR count). The van der Waals surface area contributed by atoms with Gasteiger partial charge in [0.2, 0.25) is 5.91 Å². The van der Waals surface area contributed by atoms with Crippen molar-refractivity contribution in [3.63, 3.8) is 0 Å². The predicted molar refractivity (Wildman–Crippen MR) is 117 cm³/mol. The first-order chi connectivity index (χ1) is 13.8. The van der Waals surface area contributed by atoms with Crippen LogP contribution in [0.25, 0.3) is 0 Å². The lowest BCUT2D eigenvalue weighted by Crippen LogP contribution is -2.34. The lowest BCUT2D eigenvalue weighted by Gasteiger charge is -2.19. The van der Waals surface area contributed by atoms with E-state index in [1.807, 2.05) is 59.5 Å². The second kappa shape index (κ2) is 9.12. The van der Waals surface area contributed by atoms with E-state index in [-0.39, 0.29) is 23.3 Å². The molecule has 0 bridgehead atoms. The Hall–Kier alpha value is -2.82. The predicted octanol–water partition coefficient (Wildman–Crippen LogP) is 3.82. The van der Waals surface area contributed by atoms with Gasteiger partial charge in [-0.2, -0.15) is 0 Å². The average molecular weight is 394 g/mol. The van der Waals surface area contributed by atoms with Crippen LogP contribution in [0.4, 0.5) is 5.69 Å². The molecule has 29 heavy (non-hydrogen) atoms. The van der Waals surface area contributed by atoms with Gasteiger partial charge in [0.25, 0.3) is 5.91 Å². The van der Waals surface area contributed by atoms with Crippen LogP contribution in [-0.2, 0) is 10.2 Å². The molecule has 2 aromatic carbocycles. The molecule has 5 heteroatoms. The average Bonchev–Trinajstić information content (AvgIpc) is 3.16. The minimum Gasteiger partial charge on any atom is -0.380 e. The largest absolute Gasteiger partial charge is 0.380 e. The van der Waals surface area contributed by atoms with Gasteiger partial charge < -0.3 is 15.5 Å².